The van der Waals surface area contributed by atoms with Crippen molar-refractivity contribution in [2.24, 2.45) is 5.41 Å². The van der Waals surface area contributed by atoms with Crippen LogP contribution in [-0.2, 0) is 4.43 Å². The smallest absolute Gasteiger partial charge is 0.250 e. The Labute approximate surface area is 125 Å². The molecule has 19 heavy (non-hydrogen) atoms. The van der Waals surface area contributed by atoms with Gasteiger partial charge >= 0.3 is 0 Å². The molecule has 1 atom stereocenters. The Morgan fingerprint density at radius 3 is 2.42 bits per heavy atom. The predicted octanol–water partition coefficient (Wildman–Crippen LogP) is 5.88. The predicted molar refractivity (Wildman–Crippen MR) is 88.2 cm³/mol. The monoisotopic (exact) mass is 300 g/mol. The third-order valence-electron chi connectivity index (χ3n) is 4.48. The van der Waals surface area contributed by atoms with Gasteiger partial charge in [0.2, 0.25) is 8.32 Å². The summed E-state index contributed by atoms with van der Waals surface area (Å²) in [6, 6.07) is 0. The number of halogens is 1. The summed E-state index contributed by atoms with van der Waals surface area (Å²) < 4.78 is 6.33. The number of hydrogen-bond acceptors (Lipinski definition) is 1. The molecule has 1 nitrogen and oxygen atoms in total. The zero-order chi connectivity index (χ0) is 14.7. The molecule has 0 fully saturated rings. The second-order valence-corrected chi connectivity index (χ2v) is 12.6. The second kappa shape index (κ2) is 6.05. The van der Waals surface area contributed by atoms with Gasteiger partial charge in [-0.1, -0.05) is 33.8 Å². The molecule has 0 heterocycles. The van der Waals surface area contributed by atoms with Gasteiger partial charge in [-0.3, -0.25) is 0 Å². The van der Waals surface area contributed by atoms with E-state index in [0.29, 0.717) is 0 Å². The van der Waals surface area contributed by atoms with E-state index in [1.807, 2.05) is 0 Å². The average Bonchev–Trinajstić information content (AvgIpc) is 2.28. The molecule has 1 unspecified atom stereocenters. The Hall–Kier alpha value is -0.213. The Morgan fingerprint density at radius 2 is 2.00 bits per heavy atom. The Balaban J connectivity index is 2.64. The normalized spacial score (nSPS) is 24.3. The van der Waals surface area contributed by atoms with Crippen LogP contribution < -0.4 is 0 Å². The van der Waals surface area contributed by atoms with Crippen LogP contribution in [0.4, 0.5) is 0 Å². The van der Waals surface area contributed by atoms with Crippen LogP contribution in [0.3, 0.4) is 0 Å². The number of alkyl halides is 1. The van der Waals surface area contributed by atoms with Crippen molar-refractivity contribution in [1.82, 2.24) is 0 Å². The fraction of sp³-hybridized carbons (Fsp3) is 0.750. The first-order valence-electron chi connectivity index (χ1n) is 7.24. The third kappa shape index (κ3) is 4.68. The quantitative estimate of drug-likeness (QED) is 0.455. The van der Waals surface area contributed by atoms with Crippen molar-refractivity contribution in [1.29, 1.82) is 0 Å². The molecular formula is C16H29ClOSi. The van der Waals surface area contributed by atoms with Gasteiger partial charge in [0.25, 0.3) is 0 Å². The molecule has 0 amide bonds. The maximum Gasteiger partial charge on any atom is 0.250 e. The van der Waals surface area contributed by atoms with Gasteiger partial charge in [0.15, 0.2) is 0 Å². The molecule has 0 radical (unpaired) electrons. The second-order valence-electron chi connectivity index (χ2n) is 7.45. The maximum atomic E-state index is 6.33. The van der Waals surface area contributed by atoms with Crippen molar-refractivity contribution in [2.45, 2.75) is 65.1 Å². The van der Waals surface area contributed by atoms with E-state index < -0.39 is 8.32 Å². The largest absolute Gasteiger partial charge is 0.544 e. The lowest BCUT2D eigenvalue weighted by molar-refractivity contribution is 0.354. The number of allylic oxidation sites excluding steroid dienone is 3. The highest BCUT2D eigenvalue weighted by Crippen LogP contribution is 2.40. The molecule has 3 heteroatoms. The molecule has 0 aromatic heterocycles. The van der Waals surface area contributed by atoms with E-state index in [2.05, 4.69) is 59.0 Å². The lowest BCUT2D eigenvalue weighted by Gasteiger charge is -2.38. The molecule has 0 N–H and O–H groups in total. The molecule has 0 saturated carbocycles. The first-order valence-corrected chi connectivity index (χ1v) is 10.7. The zero-order valence-corrected chi connectivity index (χ0v) is 15.1. The summed E-state index contributed by atoms with van der Waals surface area (Å²) in [5.74, 6) is 1.82. The SMILES string of the molecule is CC1(CCCCl)C=CC(O[Si](C)(C)C(C)(C)C)=CC1. The van der Waals surface area contributed by atoms with E-state index in [9.17, 15) is 0 Å². The van der Waals surface area contributed by atoms with Gasteiger partial charge in [0.1, 0.15) is 0 Å². The Morgan fingerprint density at radius 1 is 1.37 bits per heavy atom. The molecule has 0 aromatic carbocycles. The molecule has 1 rings (SSSR count). The van der Waals surface area contributed by atoms with Crippen molar-refractivity contribution in [3.05, 3.63) is 24.0 Å². The van der Waals surface area contributed by atoms with Crippen LogP contribution in [0.1, 0.15) is 47.0 Å². The molecule has 0 saturated heterocycles. The van der Waals surface area contributed by atoms with Crippen molar-refractivity contribution in [2.75, 3.05) is 5.88 Å². The fourth-order valence-electron chi connectivity index (χ4n) is 1.93. The first-order chi connectivity index (χ1) is 8.60. The van der Waals surface area contributed by atoms with Gasteiger partial charge in [-0.05, 0) is 55.0 Å². The first kappa shape index (κ1) is 16.8. The summed E-state index contributed by atoms with van der Waals surface area (Å²) in [6.07, 6.45) is 10.0. The highest BCUT2D eigenvalue weighted by Gasteiger charge is 2.39. The number of hydrogen-bond donors (Lipinski definition) is 0. The molecule has 0 aliphatic heterocycles. The summed E-state index contributed by atoms with van der Waals surface area (Å²) in [5.41, 5.74) is 0.259. The maximum absolute atomic E-state index is 6.33. The number of rotatable bonds is 5. The molecule has 0 spiro atoms. The van der Waals surface area contributed by atoms with Crippen LogP contribution in [0.2, 0.25) is 18.1 Å². The topological polar surface area (TPSA) is 9.23 Å². The lowest BCUT2D eigenvalue weighted by Crippen LogP contribution is -2.40. The zero-order valence-electron chi connectivity index (χ0n) is 13.3. The Kier molecular flexibility index (Phi) is 5.36. The van der Waals surface area contributed by atoms with Crippen molar-refractivity contribution in [3.8, 4) is 0 Å². The van der Waals surface area contributed by atoms with Crippen LogP contribution in [0.15, 0.2) is 24.0 Å². The fourth-order valence-corrected chi connectivity index (χ4v) is 3.11. The summed E-state index contributed by atoms with van der Waals surface area (Å²) in [6.45, 7) is 13.7. The molecular weight excluding hydrogens is 272 g/mol. The van der Waals surface area contributed by atoms with Gasteiger partial charge in [0.05, 0.1) is 5.76 Å². The van der Waals surface area contributed by atoms with E-state index >= 15 is 0 Å². The summed E-state index contributed by atoms with van der Waals surface area (Å²) in [4.78, 5) is 0. The third-order valence-corrected chi connectivity index (χ3v) is 9.11. The molecule has 1 aliphatic carbocycles. The standard InChI is InChI=1S/C16H29ClOSi/c1-15(2,3)19(5,6)18-14-8-11-16(4,12-9-14)10-7-13-17/h8-9,11H,7,10,12-13H2,1-6H3. The van der Waals surface area contributed by atoms with Crippen LogP contribution in [0.25, 0.3) is 0 Å². The average molecular weight is 301 g/mol. The van der Waals surface area contributed by atoms with Crippen molar-refractivity contribution in [3.63, 3.8) is 0 Å². The van der Waals surface area contributed by atoms with Gasteiger partial charge in [0, 0.05) is 5.88 Å². The summed E-state index contributed by atoms with van der Waals surface area (Å²) >= 11 is 5.79. The summed E-state index contributed by atoms with van der Waals surface area (Å²) in [7, 11) is -1.70. The van der Waals surface area contributed by atoms with Crippen molar-refractivity contribution < 1.29 is 4.43 Å². The van der Waals surface area contributed by atoms with Crippen LogP contribution in [-0.4, -0.2) is 14.2 Å². The van der Waals surface area contributed by atoms with Crippen LogP contribution >= 0.6 is 11.6 Å². The van der Waals surface area contributed by atoms with E-state index in [1.165, 1.54) is 0 Å². The lowest BCUT2D eigenvalue weighted by atomic mass is 9.80. The summed E-state index contributed by atoms with van der Waals surface area (Å²) in [5, 5.41) is 0.251. The molecule has 1 aliphatic rings. The minimum Gasteiger partial charge on any atom is -0.544 e. The van der Waals surface area contributed by atoms with E-state index in [0.717, 1.165) is 30.9 Å². The Bertz CT molecular complexity index is 365. The van der Waals surface area contributed by atoms with Crippen LogP contribution in [0, 0.1) is 5.41 Å². The highest BCUT2D eigenvalue weighted by molar-refractivity contribution is 6.74. The minimum atomic E-state index is -1.70. The molecule has 110 valence electrons. The molecule has 0 aromatic rings. The minimum absolute atomic E-state index is 0.251. The molecule has 0 bridgehead atoms. The van der Waals surface area contributed by atoms with E-state index in [1.54, 1.807) is 0 Å². The van der Waals surface area contributed by atoms with Crippen LogP contribution in [0.5, 0.6) is 0 Å². The van der Waals surface area contributed by atoms with Gasteiger partial charge in [-0.25, -0.2) is 0 Å². The highest BCUT2D eigenvalue weighted by atomic mass is 35.5. The van der Waals surface area contributed by atoms with Gasteiger partial charge < -0.3 is 4.43 Å². The van der Waals surface area contributed by atoms with Gasteiger partial charge in [-0.2, -0.15) is 0 Å². The van der Waals surface area contributed by atoms with Crippen molar-refractivity contribution >= 4 is 19.9 Å². The van der Waals surface area contributed by atoms with E-state index in [-0.39, 0.29) is 10.5 Å². The van der Waals surface area contributed by atoms with E-state index in [4.69, 9.17) is 16.0 Å². The van der Waals surface area contributed by atoms with Gasteiger partial charge in [-0.15, -0.1) is 11.6 Å².